The Hall–Kier alpha value is -0.940. The Morgan fingerprint density at radius 2 is 2.11 bits per heavy atom. The maximum absolute atomic E-state index is 13.5. The highest BCUT2D eigenvalue weighted by Gasteiger charge is 2.24. The number of primary amides is 1. The van der Waals surface area contributed by atoms with Gasteiger partial charge in [0.2, 0.25) is 5.91 Å². The lowest BCUT2D eigenvalue weighted by atomic mass is 10.0. The van der Waals surface area contributed by atoms with Crippen molar-refractivity contribution < 1.29 is 9.18 Å². The highest BCUT2D eigenvalue weighted by atomic mass is 79.9. The van der Waals surface area contributed by atoms with E-state index >= 15 is 0 Å². The molecule has 1 aromatic carbocycles. The summed E-state index contributed by atoms with van der Waals surface area (Å²) in [5.74, 6) is -0.851. The van der Waals surface area contributed by atoms with Gasteiger partial charge in [-0.1, -0.05) is 18.9 Å². The minimum Gasteiger partial charge on any atom is -0.368 e. The van der Waals surface area contributed by atoms with Gasteiger partial charge >= 0.3 is 0 Å². The van der Waals surface area contributed by atoms with E-state index in [1.54, 1.807) is 12.1 Å². The molecule has 0 heterocycles. The first kappa shape index (κ1) is 13.5. The number of carbonyl (C=O) groups excluding carboxylic acids is 1. The third-order valence-electron chi connectivity index (χ3n) is 3.32. The third kappa shape index (κ3) is 3.09. The summed E-state index contributed by atoms with van der Waals surface area (Å²) in [6.07, 6.45) is 4.42. The van der Waals surface area contributed by atoms with E-state index in [-0.39, 0.29) is 5.82 Å². The van der Waals surface area contributed by atoms with Gasteiger partial charge in [-0.2, -0.15) is 0 Å². The van der Waals surface area contributed by atoms with E-state index < -0.39 is 11.9 Å². The summed E-state index contributed by atoms with van der Waals surface area (Å²) < 4.78 is 13.9. The summed E-state index contributed by atoms with van der Waals surface area (Å²) in [5, 5.41) is 3.22. The molecule has 3 nitrogen and oxygen atoms in total. The summed E-state index contributed by atoms with van der Waals surface area (Å²) >= 11 is 3.09. The summed E-state index contributed by atoms with van der Waals surface area (Å²) in [6, 6.07) is 4.34. The fourth-order valence-corrected chi connectivity index (χ4v) is 2.61. The molecule has 18 heavy (non-hydrogen) atoms. The Morgan fingerprint density at radius 1 is 1.44 bits per heavy atom. The van der Waals surface area contributed by atoms with Crippen molar-refractivity contribution in [3.8, 4) is 0 Å². The highest BCUT2D eigenvalue weighted by molar-refractivity contribution is 9.10. The first-order chi connectivity index (χ1) is 8.58. The van der Waals surface area contributed by atoms with Gasteiger partial charge in [-0.3, -0.25) is 10.1 Å². The zero-order valence-electron chi connectivity index (χ0n) is 9.96. The molecule has 1 unspecified atom stereocenters. The molecule has 1 amide bonds. The van der Waals surface area contributed by atoms with E-state index in [4.69, 9.17) is 5.73 Å². The van der Waals surface area contributed by atoms with Crippen LogP contribution in [-0.2, 0) is 4.79 Å². The van der Waals surface area contributed by atoms with Crippen molar-refractivity contribution >= 4 is 21.8 Å². The molecule has 5 heteroatoms. The van der Waals surface area contributed by atoms with Crippen LogP contribution in [0.5, 0.6) is 0 Å². The van der Waals surface area contributed by atoms with Gasteiger partial charge in [0, 0.05) is 6.04 Å². The van der Waals surface area contributed by atoms with Crippen LogP contribution in [-0.4, -0.2) is 11.9 Å². The second kappa shape index (κ2) is 5.80. The van der Waals surface area contributed by atoms with Crippen molar-refractivity contribution in [3.05, 3.63) is 34.1 Å². The zero-order chi connectivity index (χ0) is 13.1. The Bertz CT molecular complexity index is 447. The van der Waals surface area contributed by atoms with Crippen LogP contribution < -0.4 is 11.1 Å². The number of rotatable bonds is 4. The predicted molar refractivity (Wildman–Crippen MR) is 71.4 cm³/mol. The number of nitrogens with two attached hydrogens (primary N) is 1. The summed E-state index contributed by atoms with van der Waals surface area (Å²) in [5.41, 5.74) is 5.98. The zero-order valence-corrected chi connectivity index (χ0v) is 11.5. The fourth-order valence-electron chi connectivity index (χ4n) is 2.36. The predicted octanol–water partition coefficient (Wildman–Crippen LogP) is 2.65. The maximum atomic E-state index is 13.5. The van der Waals surface area contributed by atoms with Crippen molar-refractivity contribution in [2.75, 3.05) is 0 Å². The molecule has 1 aliphatic rings. The lowest BCUT2D eigenvalue weighted by Crippen LogP contribution is -2.38. The van der Waals surface area contributed by atoms with Gasteiger partial charge in [-0.15, -0.1) is 0 Å². The van der Waals surface area contributed by atoms with Gasteiger partial charge < -0.3 is 5.73 Å². The van der Waals surface area contributed by atoms with Crippen molar-refractivity contribution in [2.24, 2.45) is 5.73 Å². The molecular formula is C13H16BrFN2O. The Labute approximate surface area is 114 Å². The van der Waals surface area contributed by atoms with Crippen LogP contribution in [0.1, 0.15) is 37.3 Å². The number of nitrogens with one attached hydrogen (secondary N) is 1. The van der Waals surface area contributed by atoms with E-state index in [0.29, 0.717) is 16.1 Å². The average molecular weight is 315 g/mol. The second-order valence-corrected chi connectivity index (χ2v) is 5.51. The molecule has 3 N–H and O–H groups in total. The molecule has 1 atom stereocenters. The SMILES string of the molecule is NC(=O)C(NC1CCCC1)c1ccc(Br)c(F)c1. The van der Waals surface area contributed by atoms with E-state index in [1.807, 2.05) is 0 Å². The molecule has 0 aliphatic heterocycles. The van der Waals surface area contributed by atoms with Gasteiger partial charge in [0.05, 0.1) is 4.47 Å². The smallest absolute Gasteiger partial charge is 0.239 e. The average Bonchev–Trinajstić information content (AvgIpc) is 2.82. The summed E-state index contributed by atoms with van der Waals surface area (Å²) in [6.45, 7) is 0. The van der Waals surface area contributed by atoms with E-state index in [0.717, 1.165) is 25.7 Å². The molecule has 0 aromatic heterocycles. The molecule has 0 saturated heterocycles. The van der Waals surface area contributed by atoms with Crippen LogP contribution >= 0.6 is 15.9 Å². The molecule has 0 radical (unpaired) electrons. The lowest BCUT2D eigenvalue weighted by molar-refractivity contribution is -0.120. The van der Waals surface area contributed by atoms with Crippen molar-refractivity contribution in [2.45, 2.75) is 37.8 Å². The Balaban J connectivity index is 2.17. The Morgan fingerprint density at radius 3 is 2.67 bits per heavy atom. The van der Waals surface area contributed by atoms with Crippen LogP contribution in [0.15, 0.2) is 22.7 Å². The monoisotopic (exact) mass is 314 g/mol. The number of hydrogen-bond acceptors (Lipinski definition) is 2. The molecule has 1 saturated carbocycles. The topological polar surface area (TPSA) is 55.1 Å². The van der Waals surface area contributed by atoms with E-state index in [1.165, 1.54) is 6.07 Å². The Kier molecular flexibility index (Phi) is 4.35. The summed E-state index contributed by atoms with van der Waals surface area (Å²) in [4.78, 5) is 11.5. The first-order valence-corrected chi connectivity index (χ1v) is 6.87. The summed E-state index contributed by atoms with van der Waals surface area (Å²) in [7, 11) is 0. The molecular weight excluding hydrogens is 299 g/mol. The lowest BCUT2D eigenvalue weighted by Gasteiger charge is -2.20. The van der Waals surface area contributed by atoms with Gasteiger partial charge in [0.15, 0.2) is 0 Å². The third-order valence-corrected chi connectivity index (χ3v) is 3.96. The van der Waals surface area contributed by atoms with Gasteiger partial charge in [-0.05, 0) is 46.5 Å². The van der Waals surface area contributed by atoms with Gasteiger partial charge in [0.1, 0.15) is 11.9 Å². The number of amides is 1. The first-order valence-electron chi connectivity index (χ1n) is 6.08. The van der Waals surface area contributed by atoms with Crippen LogP contribution in [0.2, 0.25) is 0 Å². The molecule has 1 aliphatic carbocycles. The molecule has 98 valence electrons. The van der Waals surface area contributed by atoms with Gasteiger partial charge in [0.25, 0.3) is 0 Å². The van der Waals surface area contributed by atoms with Crippen LogP contribution in [0.25, 0.3) is 0 Å². The quantitative estimate of drug-likeness (QED) is 0.897. The van der Waals surface area contributed by atoms with Crippen molar-refractivity contribution in [3.63, 3.8) is 0 Å². The largest absolute Gasteiger partial charge is 0.368 e. The number of benzene rings is 1. The van der Waals surface area contributed by atoms with Crippen molar-refractivity contribution in [1.29, 1.82) is 0 Å². The standard InChI is InChI=1S/C13H16BrFN2O/c14-10-6-5-8(7-11(10)15)12(13(16)18)17-9-3-1-2-4-9/h5-7,9,12,17H,1-4H2,(H2,16,18). The maximum Gasteiger partial charge on any atom is 0.239 e. The van der Waals surface area contributed by atoms with E-state index in [2.05, 4.69) is 21.2 Å². The molecule has 0 spiro atoms. The normalized spacial score (nSPS) is 17.9. The minimum atomic E-state index is -0.615. The molecule has 2 rings (SSSR count). The number of hydrogen-bond donors (Lipinski definition) is 2. The number of carbonyl (C=O) groups is 1. The van der Waals surface area contributed by atoms with Crippen LogP contribution in [0.4, 0.5) is 4.39 Å². The molecule has 1 fully saturated rings. The molecule has 0 bridgehead atoms. The fraction of sp³-hybridized carbons (Fsp3) is 0.462. The van der Waals surface area contributed by atoms with Crippen molar-refractivity contribution in [1.82, 2.24) is 5.32 Å². The van der Waals surface area contributed by atoms with Crippen LogP contribution in [0, 0.1) is 5.82 Å². The van der Waals surface area contributed by atoms with Gasteiger partial charge in [-0.25, -0.2) is 4.39 Å². The number of halogens is 2. The second-order valence-electron chi connectivity index (χ2n) is 4.66. The molecule has 1 aromatic rings. The van der Waals surface area contributed by atoms with Crippen LogP contribution in [0.3, 0.4) is 0 Å². The minimum absolute atomic E-state index is 0.300. The highest BCUT2D eigenvalue weighted by Crippen LogP contribution is 2.24. The van der Waals surface area contributed by atoms with E-state index in [9.17, 15) is 9.18 Å².